The van der Waals surface area contributed by atoms with E-state index in [-0.39, 0.29) is 18.9 Å². The number of benzene rings is 1. The number of rotatable bonds is 3. The third kappa shape index (κ3) is 1.95. The van der Waals surface area contributed by atoms with E-state index in [0.29, 0.717) is 22.6 Å². The smallest absolute Gasteiger partial charge is 0.342 e. The summed E-state index contributed by atoms with van der Waals surface area (Å²) in [7, 11) is 1.48. The maximum Gasteiger partial charge on any atom is 0.342 e. The summed E-state index contributed by atoms with van der Waals surface area (Å²) >= 11 is 0. The van der Waals surface area contributed by atoms with Crippen LogP contribution in [-0.2, 0) is 16.0 Å². The van der Waals surface area contributed by atoms with Crippen LogP contribution in [-0.4, -0.2) is 25.6 Å². The lowest BCUT2D eigenvalue weighted by molar-refractivity contribution is -0.115. The lowest BCUT2D eigenvalue weighted by Crippen LogP contribution is -2.10. The van der Waals surface area contributed by atoms with E-state index < -0.39 is 5.97 Å². The molecule has 0 atom stereocenters. The number of nitrogens with one attached hydrogen (secondary N) is 1. The predicted octanol–water partition coefficient (Wildman–Crippen LogP) is 1.37. The fourth-order valence-corrected chi connectivity index (χ4v) is 1.88. The molecule has 0 aliphatic carbocycles. The van der Waals surface area contributed by atoms with Crippen LogP contribution in [0.2, 0.25) is 0 Å². The van der Waals surface area contributed by atoms with Crippen LogP contribution in [0.1, 0.15) is 22.8 Å². The molecular formula is C12H13NO4. The Morgan fingerprint density at radius 1 is 1.47 bits per heavy atom. The molecule has 0 unspecified atom stereocenters. The van der Waals surface area contributed by atoms with Gasteiger partial charge in [-0.1, -0.05) is 0 Å². The molecule has 0 aromatic heterocycles. The molecule has 5 heteroatoms. The predicted molar refractivity (Wildman–Crippen MR) is 61.3 cm³/mol. The van der Waals surface area contributed by atoms with E-state index in [1.165, 1.54) is 7.11 Å². The fraction of sp³-hybridized carbons (Fsp3) is 0.333. The van der Waals surface area contributed by atoms with E-state index in [1.54, 1.807) is 19.1 Å². The van der Waals surface area contributed by atoms with Gasteiger partial charge in [0.1, 0.15) is 11.3 Å². The van der Waals surface area contributed by atoms with E-state index in [1.807, 2.05) is 0 Å². The summed E-state index contributed by atoms with van der Waals surface area (Å²) in [6, 6.07) is 3.37. The highest BCUT2D eigenvalue weighted by molar-refractivity contribution is 6.05. The maximum atomic E-state index is 11.8. The number of hydrogen-bond donors (Lipinski definition) is 1. The number of hydrogen-bond acceptors (Lipinski definition) is 4. The average Bonchev–Trinajstić information content (AvgIpc) is 2.67. The van der Waals surface area contributed by atoms with Gasteiger partial charge in [0.25, 0.3) is 0 Å². The topological polar surface area (TPSA) is 64.6 Å². The van der Waals surface area contributed by atoms with E-state index in [0.717, 1.165) is 0 Å². The van der Waals surface area contributed by atoms with Crippen molar-refractivity contribution in [1.29, 1.82) is 0 Å². The number of fused-ring (bicyclic) bond motifs is 1. The Kier molecular flexibility index (Phi) is 2.99. The number of anilines is 1. The Bertz CT molecular complexity index is 482. The van der Waals surface area contributed by atoms with Crippen molar-refractivity contribution >= 4 is 17.6 Å². The summed E-state index contributed by atoms with van der Waals surface area (Å²) in [5, 5.41) is 2.68. The number of esters is 1. The van der Waals surface area contributed by atoms with Gasteiger partial charge in [-0.2, -0.15) is 0 Å². The van der Waals surface area contributed by atoms with E-state index >= 15 is 0 Å². The molecule has 17 heavy (non-hydrogen) atoms. The molecule has 0 saturated carbocycles. The second-order valence-corrected chi connectivity index (χ2v) is 3.61. The fourth-order valence-electron chi connectivity index (χ4n) is 1.88. The van der Waals surface area contributed by atoms with Crippen molar-refractivity contribution < 1.29 is 19.1 Å². The first-order valence-electron chi connectivity index (χ1n) is 5.34. The number of carbonyl (C=O) groups is 2. The summed E-state index contributed by atoms with van der Waals surface area (Å²) < 4.78 is 10.1. The van der Waals surface area contributed by atoms with Gasteiger partial charge in [0.05, 0.1) is 20.1 Å². The highest BCUT2D eigenvalue weighted by Gasteiger charge is 2.27. The summed E-state index contributed by atoms with van der Waals surface area (Å²) in [6.45, 7) is 2.02. The average molecular weight is 235 g/mol. The highest BCUT2D eigenvalue weighted by Crippen LogP contribution is 2.33. The molecule has 0 fully saturated rings. The number of carbonyl (C=O) groups excluding carboxylic acids is 2. The van der Waals surface area contributed by atoms with Crippen LogP contribution in [0, 0.1) is 0 Å². The monoisotopic (exact) mass is 235 g/mol. The zero-order valence-corrected chi connectivity index (χ0v) is 9.70. The largest absolute Gasteiger partial charge is 0.496 e. The zero-order valence-electron chi connectivity index (χ0n) is 9.70. The number of amides is 1. The van der Waals surface area contributed by atoms with E-state index in [4.69, 9.17) is 9.47 Å². The van der Waals surface area contributed by atoms with Gasteiger partial charge >= 0.3 is 5.97 Å². The third-order valence-electron chi connectivity index (χ3n) is 2.59. The van der Waals surface area contributed by atoms with Crippen molar-refractivity contribution in [2.45, 2.75) is 13.3 Å². The van der Waals surface area contributed by atoms with Gasteiger partial charge in [-0.3, -0.25) is 4.79 Å². The Labute approximate surface area is 98.7 Å². The van der Waals surface area contributed by atoms with Crippen molar-refractivity contribution in [1.82, 2.24) is 0 Å². The van der Waals surface area contributed by atoms with Crippen LogP contribution in [0.5, 0.6) is 5.75 Å². The van der Waals surface area contributed by atoms with Crippen molar-refractivity contribution in [2.24, 2.45) is 0 Å². The van der Waals surface area contributed by atoms with Crippen molar-refractivity contribution in [2.75, 3.05) is 19.0 Å². The standard InChI is InChI=1S/C12H13NO4/c1-3-17-12(15)11-7-6-10(14)13-8(7)4-5-9(11)16-2/h4-5H,3,6H2,1-2H3,(H,13,14). The molecule has 1 aliphatic heterocycles. The molecule has 0 radical (unpaired) electrons. The van der Waals surface area contributed by atoms with Gasteiger partial charge < -0.3 is 14.8 Å². The second kappa shape index (κ2) is 4.45. The van der Waals surface area contributed by atoms with Gasteiger partial charge in [-0.15, -0.1) is 0 Å². The third-order valence-corrected chi connectivity index (χ3v) is 2.59. The Hall–Kier alpha value is -2.04. The van der Waals surface area contributed by atoms with Gasteiger partial charge in [0, 0.05) is 11.3 Å². The number of methoxy groups -OCH3 is 1. The van der Waals surface area contributed by atoms with E-state index in [2.05, 4.69) is 5.32 Å². The quantitative estimate of drug-likeness (QED) is 0.803. The van der Waals surface area contributed by atoms with Crippen molar-refractivity contribution in [3.63, 3.8) is 0 Å². The molecule has 5 nitrogen and oxygen atoms in total. The second-order valence-electron chi connectivity index (χ2n) is 3.61. The molecule has 0 saturated heterocycles. The van der Waals surface area contributed by atoms with Crippen molar-refractivity contribution in [3.8, 4) is 5.75 Å². The molecule has 0 spiro atoms. The van der Waals surface area contributed by atoms with E-state index in [9.17, 15) is 9.59 Å². The Balaban J connectivity index is 2.51. The zero-order chi connectivity index (χ0) is 12.4. The molecule has 1 aromatic rings. The minimum absolute atomic E-state index is 0.126. The van der Waals surface area contributed by atoms with Gasteiger partial charge in [-0.05, 0) is 19.1 Å². The summed E-state index contributed by atoms with van der Waals surface area (Å²) in [6.07, 6.45) is 0.181. The highest BCUT2D eigenvalue weighted by atomic mass is 16.5. The lowest BCUT2D eigenvalue weighted by Gasteiger charge is -2.11. The minimum Gasteiger partial charge on any atom is -0.496 e. The first kappa shape index (κ1) is 11.4. The molecule has 0 bridgehead atoms. The van der Waals surface area contributed by atoms with Gasteiger partial charge in [0.15, 0.2) is 0 Å². The van der Waals surface area contributed by atoms with Crippen LogP contribution in [0.25, 0.3) is 0 Å². The van der Waals surface area contributed by atoms with Gasteiger partial charge in [0.2, 0.25) is 5.91 Å². The molecule has 90 valence electrons. The minimum atomic E-state index is -0.460. The van der Waals surface area contributed by atoms with Crippen molar-refractivity contribution in [3.05, 3.63) is 23.3 Å². The summed E-state index contributed by atoms with van der Waals surface area (Å²) in [4.78, 5) is 23.2. The Morgan fingerprint density at radius 3 is 2.88 bits per heavy atom. The molecule has 1 N–H and O–H groups in total. The molecule has 1 amide bonds. The first-order chi connectivity index (χ1) is 8.17. The normalized spacial score (nSPS) is 12.9. The molecular weight excluding hydrogens is 222 g/mol. The van der Waals surface area contributed by atoms with Crippen LogP contribution < -0.4 is 10.1 Å². The summed E-state index contributed by atoms with van der Waals surface area (Å²) in [5.41, 5.74) is 1.64. The molecule has 2 rings (SSSR count). The first-order valence-corrected chi connectivity index (χ1v) is 5.34. The lowest BCUT2D eigenvalue weighted by atomic mass is 10.0. The summed E-state index contributed by atoms with van der Waals surface area (Å²) in [5.74, 6) is -0.157. The van der Waals surface area contributed by atoms with Crippen LogP contribution in [0.3, 0.4) is 0 Å². The molecule has 1 aliphatic rings. The number of ether oxygens (including phenoxy) is 2. The SMILES string of the molecule is CCOC(=O)c1c(OC)ccc2c1CC(=O)N2. The van der Waals surface area contributed by atoms with Crippen LogP contribution in [0.15, 0.2) is 12.1 Å². The van der Waals surface area contributed by atoms with Crippen LogP contribution >= 0.6 is 0 Å². The van der Waals surface area contributed by atoms with Crippen LogP contribution in [0.4, 0.5) is 5.69 Å². The molecule has 1 heterocycles. The molecule has 1 aromatic carbocycles. The maximum absolute atomic E-state index is 11.8. The Morgan fingerprint density at radius 2 is 2.24 bits per heavy atom. The van der Waals surface area contributed by atoms with Gasteiger partial charge in [-0.25, -0.2) is 4.79 Å².